The topological polar surface area (TPSA) is 118 Å². The number of amides is 2. The maximum Gasteiger partial charge on any atom is 0.243 e. The summed E-state index contributed by atoms with van der Waals surface area (Å²) in [4.78, 5) is 35.5. The second-order valence-electron chi connectivity index (χ2n) is 12.3. The molecule has 1 unspecified atom stereocenters. The molecule has 5 heterocycles. The van der Waals surface area contributed by atoms with E-state index >= 15 is 4.39 Å². The molecule has 1 aliphatic carbocycles. The summed E-state index contributed by atoms with van der Waals surface area (Å²) < 4.78 is 40.0. The van der Waals surface area contributed by atoms with Gasteiger partial charge in [0.05, 0.1) is 47.5 Å². The number of rotatable bonds is 9. The molecular formula is C35H33F2N7O3S. The van der Waals surface area contributed by atoms with Crippen molar-refractivity contribution in [2.75, 3.05) is 20.2 Å². The van der Waals surface area contributed by atoms with Crippen LogP contribution in [0.15, 0.2) is 72.4 Å². The van der Waals surface area contributed by atoms with Crippen LogP contribution >= 0.6 is 11.3 Å². The van der Waals surface area contributed by atoms with Gasteiger partial charge in [0.2, 0.25) is 11.8 Å². The number of pyridine rings is 1. The van der Waals surface area contributed by atoms with Gasteiger partial charge in [-0.15, -0.1) is 11.3 Å². The van der Waals surface area contributed by atoms with Crippen molar-refractivity contribution in [1.29, 1.82) is 0 Å². The Morgan fingerprint density at radius 3 is 2.83 bits per heavy atom. The number of carbonyl (C=O) groups is 2. The number of ether oxygens (including phenoxy) is 1. The number of aromatic amines is 1. The lowest BCUT2D eigenvalue weighted by Crippen LogP contribution is -2.25. The predicted molar refractivity (Wildman–Crippen MR) is 181 cm³/mol. The van der Waals surface area contributed by atoms with Crippen molar-refractivity contribution in [3.63, 3.8) is 0 Å². The van der Waals surface area contributed by atoms with E-state index in [1.54, 1.807) is 31.3 Å². The molecule has 1 aliphatic heterocycles. The fourth-order valence-corrected chi connectivity index (χ4v) is 7.40. The van der Waals surface area contributed by atoms with Gasteiger partial charge in [-0.2, -0.15) is 5.10 Å². The third-order valence-electron chi connectivity index (χ3n) is 8.92. The van der Waals surface area contributed by atoms with E-state index in [4.69, 9.17) is 9.72 Å². The number of imidazole rings is 1. The zero-order chi connectivity index (χ0) is 33.7. The van der Waals surface area contributed by atoms with E-state index in [0.29, 0.717) is 41.3 Å². The number of fused-ring (bicyclic) bond motifs is 2. The minimum absolute atomic E-state index is 0.0133. The number of nitrogens with zero attached hydrogens (tertiary/aromatic N) is 5. The molecule has 7 rings (SSSR count). The third kappa shape index (κ3) is 5.73. The minimum atomic E-state index is -0.971. The molecule has 0 radical (unpaired) electrons. The first-order valence-electron chi connectivity index (χ1n) is 15.5. The van der Waals surface area contributed by atoms with E-state index in [0.717, 1.165) is 32.8 Å². The van der Waals surface area contributed by atoms with Crippen molar-refractivity contribution < 1.29 is 23.1 Å². The van der Waals surface area contributed by atoms with Crippen molar-refractivity contribution in [2.24, 2.45) is 13.0 Å². The normalized spacial score (nSPS) is 19.0. The second-order valence-corrected chi connectivity index (χ2v) is 13.2. The van der Waals surface area contributed by atoms with Crippen LogP contribution in [-0.4, -0.2) is 67.7 Å². The van der Waals surface area contributed by atoms with Gasteiger partial charge in [0.15, 0.2) is 0 Å². The van der Waals surface area contributed by atoms with Crippen molar-refractivity contribution >= 4 is 49.8 Å². The van der Waals surface area contributed by atoms with E-state index < -0.39 is 23.8 Å². The molecule has 1 fully saturated rings. The highest BCUT2D eigenvalue weighted by Crippen LogP contribution is 2.46. The van der Waals surface area contributed by atoms with E-state index in [2.05, 4.69) is 27.1 Å². The summed E-state index contributed by atoms with van der Waals surface area (Å²) in [7, 11) is 3.66. The number of carbonyl (C=O) groups excluding carboxylic acids is 2. The number of hydrogen-bond acceptors (Lipinski definition) is 7. The van der Waals surface area contributed by atoms with Gasteiger partial charge in [-0.25, -0.2) is 18.7 Å². The number of nitrogens with one attached hydrogen (secondary N) is 2. The molecule has 2 N–H and O–H groups in total. The van der Waals surface area contributed by atoms with Crippen LogP contribution in [0.3, 0.4) is 0 Å². The number of thiophene rings is 1. The molecule has 4 aromatic heterocycles. The lowest BCUT2D eigenvalue weighted by atomic mass is 9.89. The maximum absolute atomic E-state index is 16.2. The van der Waals surface area contributed by atoms with Gasteiger partial charge in [-0.1, -0.05) is 12.6 Å². The number of H-pyrrole nitrogens is 1. The van der Waals surface area contributed by atoms with Crippen molar-refractivity contribution in [2.45, 2.75) is 31.9 Å². The SMILES string of the molecule is C=CC(=O)N[C@H](C)c1cc(-c2nc(-c3ccc4c(c3)ncn4C)c3ccsc3c2C2=C(F)C=C(F)CC2OC[C@H]2CC(=O)N(C)C2)n[nH]1. The molecule has 48 heavy (non-hydrogen) atoms. The summed E-state index contributed by atoms with van der Waals surface area (Å²) in [6.45, 7) is 5.99. The number of aryl methyl sites for hydroxylation is 1. The monoisotopic (exact) mass is 669 g/mol. The van der Waals surface area contributed by atoms with Crippen LogP contribution in [0.25, 0.3) is 49.3 Å². The van der Waals surface area contributed by atoms with Gasteiger partial charge in [0.25, 0.3) is 0 Å². The van der Waals surface area contributed by atoms with Gasteiger partial charge in [-0.05, 0) is 42.6 Å². The number of benzene rings is 1. The van der Waals surface area contributed by atoms with Crippen LogP contribution < -0.4 is 5.32 Å². The van der Waals surface area contributed by atoms with Gasteiger partial charge < -0.3 is 19.5 Å². The lowest BCUT2D eigenvalue weighted by Gasteiger charge is -2.27. The Kier molecular flexibility index (Phi) is 8.25. The summed E-state index contributed by atoms with van der Waals surface area (Å²) in [5.41, 5.74) is 5.23. The highest BCUT2D eigenvalue weighted by atomic mass is 32.1. The maximum atomic E-state index is 16.2. The van der Waals surface area contributed by atoms with Crippen molar-refractivity contribution in [3.05, 3.63) is 83.7 Å². The average molecular weight is 670 g/mol. The fraction of sp³-hybridized carbons (Fsp3) is 0.286. The lowest BCUT2D eigenvalue weighted by molar-refractivity contribution is -0.126. The number of aromatic nitrogens is 5. The molecule has 2 aliphatic rings. The quantitative estimate of drug-likeness (QED) is 0.175. The standard InChI is InChI=1S/C35H33F2N7O3S/c1-5-29(45)39-18(2)24-14-26(42-41-24)34-32(31-23(37)12-21(36)13-28(31)47-16-19-10-30(46)43(3)15-19)35-22(8-9-48-35)33(40-34)20-6-7-27-25(11-20)38-17-44(27)4/h5-9,11-12,14,17-19,28H,1,10,13,15-16H2,2-4H3,(H,39,45)(H,41,42)/t18-,19+,28?/m1/s1. The summed E-state index contributed by atoms with van der Waals surface area (Å²) >= 11 is 1.42. The highest BCUT2D eigenvalue weighted by molar-refractivity contribution is 7.17. The Morgan fingerprint density at radius 2 is 2.06 bits per heavy atom. The molecule has 1 aromatic carbocycles. The first-order chi connectivity index (χ1) is 23.1. The Hall–Kier alpha value is -5.01. The molecular weight excluding hydrogens is 636 g/mol. The molecule has 1 saturated heterocycles. The molecule has 13 heteroatoms. The Morgan fingerprint density at radius 1 is 1.23 bits per heavy atom. The third-order valence-corrected chi connectivity index (χ3v) is 9.86. The summed E-state index contributed by atoms with van der Waals surface area (Å²) in [6, 6.07) is 9.18. The zero-order valence-corrected chi connectivity index (χ0v) is 27.4. The first-order valence-corrected chi connectivity index (χ1v) is 16.4. The van der Waals surface area contributed by atoms with E-state index in [9.17, 15) is 14.0 Å². The van der Waals surface area contributed by atoms with Crippen LogP contribution in [-0.2, 0) is 21.4 Å². The number of halogens is 2. The molecule has 10 nitrogen and oxygen atoms in total. The predicted octanol–water partition coefficient (Wildman–Crippen LogP) is 6.40. The second kappa shape index (κ2) is 12.5. The molecule has 0 spiro atoms. The fourth-order valence-electron chi connectivity index (χ4n) is 6.44. The number of hydrogen-bond donors (Lipinski definition) is 2. The van der Waals surface area contributed by atoms with Crippen molar-refractivity contribution in [3.8, 4) is 22.6 Å². The van der Waals surface area contributed by atoms with E-state index in [-0.39, 0.29) is 36.3 Å². The van der Waals surface area contributed by atoms with Crippen LogP contribution in [0.1, 0.15) is 37.1 Å². The van der Waals surface area contributed by atoms with Crippen LogP contribution in [0, 0.1) is 5.92 Å². The van der Waals surface area contributed by atoms with Crippen LogP contribution in [0.2, 0.25) is 0 Å². The first kappa shape index (κ1) is 31.6. The molecule has 3 atom stereocenters. The minimum Gasteiger partial charge on any atom is -0.373 e. The molecule has 2 amide bonds. The van der Waals surface area contributed by atoms with Gasteiger partial charge in [0.1, 0.15) is 23.0 Å². The van der Waals surface area contributed by atoms with Crippen LogP contribution in [0.5, 0.6) is 0 Å². The number of allylic oxidation sites excluding steroid dienone is 2. The van der Waals surface area contributed by atoms with Gasteiger partial charge >= 0.3 is 0 Å². The summed E-state index contributed by atoms with van der Waals surface area (Å²) in [5.74, 6) is -1.81. The molecule has 246 valence electrons. The van der Waals surface area contributed by atoms with E-state index in [1.165, 1.54) is 17.4 Å². The van der Waals surface area contributed by atoms with Gasteiger partial charge in [-0.3, -0.25) is 14.7 Å². The Bertz CT molecular complexity index is 2160. The summed E-state index contributed by atoms with van der Waals surface area (Å²) in [5, 5.41) is 13.1. The van der Waals surface area contributed by atoms with Gasteiger partial charge in [0, 0.05) is 72.3 Å². The van der Waals surface area contributed by atoms with E-state index in [1.807, 2.05) is 41.3 Å². The largest absolute Gasteiger partial charge is 0.373 e. The smallest absolute Gasteiger partial charge is 0.243 e. The number of likely N-dealkylation sites (tertiary alicyclic amines) is 1. The molecule has 0 bridgehead atoms. The summed E-state index contributed by atoms with van der Waals surface area (Å²) in [6.07, 6.45) is 3.02. The zero-order valence-electron chi connectivity index (χ0n) is 26.6. The average Bonchev–Trinajstić information content (AvgIpc) is 3.87. The van der Waals surface area contributed by atoms with Crippen LogP contribution in [0.4, 0.5) is 8.78 Å². The Labute approximate surface area is 278 Å². The Balaban J connectivity index is 1.40. The highest BCUT2D eigenvalue weighted by Gasteiger charge is 2.35. The molecule has 5 aromatic rings. The molecule has 0 saturated carbocycles. The van der Waals surface area contributed by atoms with Crippen molar-refractivity contribution in [1.82, 2.24) is 34.9 Å².